The standard InChI is InChI=1S/C10H21N3O2/c1-7(2)5-9(13-8(3)14)6-12-10(15)11-4/h7,9H,5-6H2,1-4H3,(H,13,14)(H2,11,12,15)/t9-/m0/s1. The molecule has 0 fully saturated rings. The number of amides is 3. The molecule has 0 saturated heterocycles. The molecule has 3 N–H and O–H groups in total. The topological polar surface area (TPSA) is 70.2 Å². The number of carbonyl (C=O) groups is 2. The van der Waals surface area contributed by atoms with Gasteiger partial charge in [-0.15, -0.1) is 0 Å². The van der Waals surface area contributed by atoms with Gasteiger partial charge >= 0.3 is 6.03 Å². The SMILES string of the molecule is CNC(=O)NC[C@H](CC(C)C)NC(C)=O. The molecule has 0 unspecified atom stereocenters. The second-order valence-corrected chi connectivity index (χ2v) is 3.99. The van der Waals surface area contributed by atoms with Crippen LogP contribution in [0.2, 0.25) is 0 Å². The molecule has 0 aromatic heterocycles. The summed E-state index contributed by atoms with van der Waals surface area (Å²) in [7, 11) is 1.56. The van der Waals surface area contributed by atoms with Crippen molar-refractivity contribution < 1.29 is 9.59 Å². The molecule has 0 spiro atoms. The van der Waals surface area contributed by atoms with E-state index < -0.39 is 0 Å². The normalized spacial score (nSPS) is 12.1. The Kier molecular flexibility index (Phi) is 6.49. The van der Waals surface area contributed by atoms with Crippen LogP contribution in [0.5, 0.6) is 0 Å². The summed E-state index contributed by atoms with van der Waals surface area (Å²) < 4.78 is 0. The highest BCUT2D eigenvalue weighted by Crippen LogP contribution is 2.03. The van der Waals surface area contributed by atoms with Crippen molar-refractivity contribution in [3.63, 3.8) is 0 Å². The summed E-state index contributed by atoms with van der Waals surface area (Å²) in [4.78, 5) is 21.9. The predicted molar refractivity (Wildman–Crippen MR) is 59.5 cm³/mol. The fourth-order valence-electron chi connectivity index (χ4n) is 1.35. The van der Waals surface area contributed by atoms with Crippen LogP contribution in [0.3, 0.4) is 0 Å². The van der Waals surface area contributed by atoms with Crippen molar-refractivity contribution >= 4 is 11.9 Å². The molecule has 0 saturated carbocycles. The van der Waals surface area contributed by atoms with E-state index in [9.17, 15) is 9.59 Å². The zero-order chi connectivity index (χ0) is 11.8. The Morgan fingerprint density at radius 2 is 1.87 bits per heavy atom. The first-order chi connectivity index (χ1) is 6.95. The lowest BCUT2D eigenvalue weighted by Gasteiger charge is -2.20. The van der Waals surface area contributed by atoms with Gasteiger partial charge in [-0.3, -0.25) is 4.79 Å². The van der Waals surface area contributed by atoms with Crippen molar-refractivity contribution in [1.82, 2.24) is 16.0 Å². The number of hydrogen-bond donors (Lipinski definition) is 3. The summed E-state index contributed by atoms with van der Waals surface area (Å²) in [5.74, 6) is 0.410. The maximum atomic E-state index is 11.0. The molecule has 0 radical (unpaired) electrons. The average molecular weight is 215 g/mol. The molecule has 0 heterocycles. The molecule has 5 nitrogen and oxygen atoms in total. The smallest absolute Gasteiger partial charge is 0.314 e. The highest BCUT2D eigenvalue weighted by Gasteiger charge is 2.12. The van der Waals surface area contributed by atoms with Crippen LogP contribution in [-0.2, 0) is 4.79 Å². The van der Waals surface area contributed by atoms with Gasteiger partial charge in [0, 0.05) is 26.6 Å². The molecule has 0 aromatic rings. The van der Waals surface area contributed by atoms with Crippen LogP contribution in [0.25, 0.3) is 0 Å². The number of hydrogen-bond acceptors (Lipinski definition) is 2. The van der Waals surface area contributed by atoms with E-state index in [1.807, 2.05) is 0 Å². The molecule has 5 heteroatoms. The second kappa shape index (κ2) is 7.09. The molecule has 0 aliphatic rings. The first-order valence-electron chi connectivity index (χ1n) is 5.18. The number of rotatable bonds is 5. The van der Waals surface area contributed by atoms with E-state index in [-0.39, 0.29) is 18.0 Å². The van der Waals surface area contributed by atoms with Crippen molar-refractivity contribution in [3.05, 3.63) is 0 Å². The van der Waals surface area contributed by atoms with E-state index in [2.05, 4.69) is 29.8 Å². The van der Waals surface area contributed by atoms with Crippen LogP contribution in [0.4, 0.5) is 4.79 Å². The summed E-state index contributed by atoms with van der Waals surface area (Å²) in [5.41, 5.74) is 0. The average Bonchev–Trinajstić information content (AvgIpc) is 2.11. The van der Waals surface area contributed by atoms with E-state index in [0.717, 1.165) is 6.42 Å². The van der Waals surface area contributed by atoms with Gasteiger partial charge in [0.05, 0.1) is 0 Å². The van der Waals surface area contributed by atoms with Gasteiger partial charge in [-0.25, -0.2) is 4.79 Å². The minimum atomic E-state index is -0.228. The van der Waals surface area contributed by atoms with E-state index in [4.69, 9.17) is 0 Å². The molecule has 0 aliphatic carbocycles. The first kappa shape index (κ1) is 13.7. The molecule has 3 amide bonds. The largest absolute Gasteiger partial charge is 0.352 e. The number of carbonyl (C=O) groups excluding carboxylic acids is 2. The Morgan fingerprint density at radius 3 is 2.27 bits per heavy atom. The molecule has 1 atom stereocenters. The number of nitrogens with one attached hydrogen (secondary N) is 3. The second-order valence-electron chi connectivity index (χ2n) is 3.99. The van der Waals surface area contributed by atoms with Crippen LogP contribution in [0, 0.1) is 5.92 Å². The summed E-state index contributed by atoms with van der Waals surface area (Å²) in [6.45, 7) is 6.09. The predicted octanol–water partition coefficient (Wildman–Crippen LogP) is 0.466. The molecule has 0 aliphatic heterocycles. The van der Waals surface area contributed by atoms with Crippen molar-refractivity contribution in [2.24, 2.45) is 5.92 Å². The van der Waals surface area contributed by atoms with E-state index in [0.29, 0.717) is 12.5 Å². The Hall–Kier alpha value is -1.26. The molecule has 0 bridgehead atoms. The van der Waals surface area contributed by atoms with Gasteiger partial charge in [-0.05, 0) is 12.3 Å². The van der Waals surface area contributed by atoms with Gasteiger partial charge < -0.3 is 16.0 Å². The zero-order valence-corrected chi connectivity index (χ0v) is 9.89. The van der Waals surface area contributed by atoms with Gasteiger partial charge in [-0.2, -0.15) is 0 Å². The third-order valence-corrected chi connectivity index (χ3v) is 1.90. The van der Waals surface area contributed by atoms with Crippen LogP contribution in [0.15, 0.2) is 0 Å². The van der Waals surface area contributed by atoms with Crippen molar-refractivity contribution in [2.75, 3.05) is 13.6 Å². The van der Waals surface area contributed by atoms with Crippen LogP contribution in [0.1, 0.15) is 27.2 Å². The molecular formula is C10H21N3O2. The van der Waals surface area contributed by atoms with Gasteiger partial charge in [0.15, 0.2) is 0 Å². The van der Waals surface area contributed by atoms with Gasteiger partial charge in [0.1, 0.15) is 0 Å². The van der Waals surface area contributed by atoms with Gasteiger partial charge in [0.25, 0.3) is 0 Å². The Balaban J connectivity index is 4.00. The molecule has 88 valence electrons. The quantitative estimate of drug-likeness (QED) is 0.624. The highest BCUT2D eigenvalue weighted by molar-refractivity contribution is 5.74. The van der Waals surface area contributed by atoms with E-state index >= 15 is 0 Å². The highest BCUT2D eigenvalue weighted by atomic mass is 16.2. The lowest BCUT2D eigenvalue weighted by molar-refractivity contribution is -0.119. The number of urea groups is 1. The van der Waals surface area contributed by atoms with Gasteiger partial charge in [-0.1, -0.05) is 13.8 Å². The third-order valence-electron chi connectivity index (χ3n) is 1.90. The Labute approximate surface area is 91.0 Å². The molecule has 15 heavy (non-hydrogen) atoms. The lowest BCUT2D eigenvalue weighted by atomic mass is 10.0. The van der Waals surface area contributed by atoms with Crippen molar-refractivity contribution in [1.29, 1.82) is 0 Å². The summed E-state index contributed by atoms with van der Waals surface area (Å²) in [6, 6.07) is -0.228. The van der Waals surface area contributed by atoms with Gasteiger partial charge in [0.2, 0.25) is 5.91 Å². The minimum absolute atomic E-state index is 0.000185. The fourth-order valence-corrected chi connectivity index (χ4v) is 1.35. The molecular weight excluding hydrogens is 194 g/mol. The fraction of sp³-hybridized carbons (Fsp3) is 0.800. The van der Waals surface area contributed by atoms with Crippen LogP contribution in [-0.4, -0.2) is 31.6 Å². The van der Waals surface area contributed by atoms with E-state index in [1.165, 1.54) is 6.92 Å². The molecule has 0 rings (SSSR count). The first-order valence-corrected chi connectivity index (χ1v) is 5.18. The van der Waals surface area contributed by atoms with E-state index in [1.54, 1.807) is 7.05 Å². The summed E-state index contributed by atoms with van der Waals surface area (Å²) >= 11 is 0. The van der Waals surface area contributed by atoms with Crippen LogP contribution < -0.4 is 16.0 Å². The summed E-state index contributed by atoms with van der Waals surface area (Å²) in [6.07, 6.45) is 0.851. The van der Waals surface area contributed by atoms with Crippen molar-refractivity contribution in [2.45, 2.75) is 33.2 Å². The van der Waals surface area contributed by atoms with Crippen molar-refractivity contribution in [3.8, 4) is 0 Å². The lowest BCUT2D eigenvalue weighted by Crippen LogP contribution is -2.45. The Bertz CT molecular complexity index is 217. The summed E-state index contributed by atoms with van der Waals surface area (Å²) in [5, 5.41) is 7.95. The van der Waals surface area contributed by atoms with Crippen LogP contribution >= 0.6 is 0 Å². The molecule has 0 aromatic carbocycles. The minimum Gasteiger partial charge on any atom is -0.352 e. The maximum Gasteiger partial charge on any atom is 0.314 e. The third kappa shape index (κ3) is 7.78. The monoisotopic (exact) mass is 215 g/mol. The Morgan fingerprint density at radius 1 is 1.27 bits per heavy atom. The zero-order valence-electron chi connectivity index (χ0n) is 9.89. The maximum absolute atomic E-state index is 11.0.